The lowest BCUT2D eigenvalue weighted by Gasteiger charge is -2.29. The highest BCUT2D eigenvalue weighted by Crippen LogP contribution is 2.33. The maximum Gasteiger partial charge on any atom is 0.338 e. The van der Waals surface area contributed by atoms with E-state index in [1.165, 1.54) is 0 Å². The summed E-state index contributed by atoms with van der Waals surface area (Å²) in [6.45, 7) is 5.88. The first-order chi connectivity index (χ1) is 13.8. The van der Waals surface area contributed by atoms with Crippen molar-refractivity contribution in [1.29, 1.82) is 0 Å². The Labute approximate surface area is 171 Å². The van der Waals surface area contributed by atoms with Gasteiger partial charge in [0.25, 0.3) is 0 Å². The van der Waals surface area contributed by atoms with Crippen molar-refractivity contribution in [1.82, 2.24) is 4.90 Å². The van der Waals surface area contributed by atoms with Crippen molar-refractivity contribution < 1.29 is 28.6 Å². The first kappa shape index (κ1) is 21.3. The SMILES string of the molecule is CCC[C@@H](C(=O)N1CCC[C@H]1C(=O)OCc1ccccc1)[C@@H]1OC(C)(C)OC1=O. The molecule has 0 radical (unpaired) electrons. The van der Waals surface area contributed by atoms with E-state index in [4.69, 9.17) is 14.2 Å². The normalized spacial score (nSPS) is 24.2. The molecule has 7 nitrogen and oxygen atoms in total. The van der Waals surface area contributed by atoms with E-state index in [0.29, 0.717) is 25.8 Å². The van der Waals surface area contributed by atoms with E-state index in [1.54, 1.807) is 18.7 Å². The molecule has 0 N–H and O–H groups in total. The third kappa shape index (κ3) is 4.96. The second kappa shape index (κ2) is 8.95. The van der Waals surface area contributed by atoms with Crippen LogP contribution in [0.5, 0.6) is 0 Å². The molecule has 3 atom stereocenters. The Morgan fingerprint density at radius 3 is 2.62 bits per heavy atom. The highest BCUT2D eigenvalue weighted by molar-refractivity contribution is 5.91. The minimum atomic E-state index is -1.05. The monoisotopic (exact) mass is 403 g/mol. The molecule has 2 aliphatic rings. The van der Waals surface area contributed by atoms with Crippen molar-refractivity contribution in [2.75, 3.05) is 6.54 Å². The Morgan fingerprint density at radius 2 is 2.00 bits per heavy atom. The zero-order valence-corrected chi connectivity index (χ0v) is 17.3. The van der Waals surface area contributed by atoms with Gasteiger partial charge in [-0.1, -0.05) is 43.7 Å². The van der Waals surface area contributed by atoms with Crippen LogP contribution in [0.25, 0.3) is 0 Å². The largest absolute Gasteiger partial charge is 0.459 e. The lowest BCUT2D eigenvalue weighted by molar-refractivity contribution is -0.165. The molecule has 2 aliphatic heterocycles. The Balaban J connectivity index is 1.68. The third-order valence-corrected chi connectivity index (χ3v) is 5.30. The zero-order chi connectivity index (χ0) is 21.0. The molecule has 3 rings (SSSR count). The summed E-state index contributed by atoms with van der Waals surface area (Å²) in [4.78, 5) is 39.8. The maximum atomic E-state index is 13.3. The molecule has 2 saturated heterocycles. The number of carbonyl (C=O) groups is 3. The molecule has 0 aromatic heterocycles. The second-order valence-corrected chi connectivity index (χ2v) is 8.04. The Kier molecular flexibility index (Phi) is 6.57. The molecule has 29 heavy (non-hydrogen) atoms. The summed E-state index contributed by atoms with van der Waals surface area (Å²) in [5.41, 5.74) is 0.893. The van der Waals surface area contributed by atoms with E-state index >= 15 is 0 Å². The van der Waals surface area contributed by atoms with Crippen LogP contribution in [0.15, 0.2) is 30.3 Å². The molecule has 2 heterocycles. The summed E-state index contributed by atoms with van der Waals surface area (Å²) in [6.07, 6.45) is 1.52. The van der Waals surface area contributed by atoms with E-state index in [0.717, 1.165) is 12.0 Å². The second-order valence-electron chi connectivity index (χ2n) is 8.04. The lowest BCUT2D eigenvalue weighted by atomic mass is 9.95. The van der Waals surface area contributed by atoms with E-state index < -0.39 is 35.8 Å². The summed E-state index contributed by atoms with van der Waals surface area (Å²) in [5.74, 6) is -2.90. The van der Waals surface area contributed by atoms with Crippen LogP contribution >= 0.6 is 0 Å². The quantitative estimate of drug-likeness (QED) is 0.651. The van der Waals surface area contributed by atoms with Crippen molar-refractivity contribution in [2.45, 2.75) is 71.0 Å². The number of amides is 1. The number of hydrogen-bond acceptors (Lipinski definition) is 6. The molecule has 0 bridgehead atoms. The van der Waals surface area contributed by atoms with E-state index in [-0.39, 0.29) is 12.5 Å². The van der Waals surface area contributed by atoms with Crippen LogP contribution in [-0.4, -0.2) is 47.2 Å². The van der Waals surface area contributed by atoms with Crippen LogP contribution in [0.1, 0.15) is 52.0 Å². The molecule has 1 aromatic rings. The van der Waals surface area contributed by atoms with Gasteiger partial charge < -0.3 is 19.1 Å². The average Bonchev–Trinajstić information content (AvgIpc) is 3.28. The minimum Gasteiger partial charge on any atom is -0.459 e. The van der Waals surface area contributed by atoms with Gasteiger partial charge in [0.1, 0.15) is 12.6 Å². The number of hydrogen-bond donors (Lipinski definition) is 0. The molecule has 7 heteroatoms. The lowest BCUT2D eigenvalue weighted by Crippen LogP contribution is -2.48. The van der Waals surface area contributed by atoms with Gasteiger partial charge in [0.05, 0.1) is 5.92 Å². The molecule has 0 unspecified atom stereocenters. The molecule has 0 spiro atoms. The summed E-state index contributed by atoms with van der Waals surface area (Å²) < 4.78 is 16.4. The number of esters is 2. The number of rotatable bonds is 7. The van der Waals surface area contributed by atoms with Gasteiger partial charge in [-0.2, -0.15) is 0 Å². The first-order valence-corrected chi connectivity index (χ1v) is 10.2. The van der Waals surface area contributed by atoms with E-state index in [2.05, 4.69) is 0 Å². The van der Waals surface area contributed by atoms with Gasteiger partial charge in [-0.15, -0.1) is 0 Å². The summed E-state index contributed by atoms with van der Waals surface area (Å²) in [5, 5.41) is 0. The van der Waals surface area contributed by atoms with Crippen molar-refractivity contribution in [3.63, 3.8) is 0 Å². The predicted octanol–water partition coefficient (Wildman–Crippen LogP) is 2.82. The van der Waals surface area contributed by atoms with E-state index in [1.807, 2.05) is 37.3 Å². The van der Waals surface area contributed by atoms with Crippen molar-refractivity contribution in [3.05, 3.63) is 35.9 Å². The van der Waals surface area contributed by atoms with Gasteiger partial charge in [0, 0.05) is 20.4 Å². The molecule has 0 aliphatic carbocycles. The Hall–Kier alpha value is -2.41. The predicted molar refractivity (Wildman–Crippen MR) is 104 cm³/mol. The van der Waals surface area contributed by atoms with Crippen LogP contribution in [0.4, 0.5) is 0 Å². The third-order valence-electron chi connectivity index (χ3n) is 5.30. The zero-order valence-electron chi connectivity index (χ0n) is 17.3. The van der Waals surface area contributed by atoms with Gasteiger partial charge in [-0.25, -0.2) is 9.59 Å². The van der Waals surface area contributed by atoms with Gasteiger partial charge in [0.15, 0.2) is 6.10 Å². The fourth-order valence-corrected chi connectivity index (χ4v) is 3.95. The number of carbonyl (C=O) groups excluding carboxylic acids is 3. The molecule has 1 aromatic carbocycles. The summed E-state index contributed by atoms with van der Waals surface area (Å²) in [7, 11) is 0. The van der Waals surface area contributed by atoms with E-state index in [9.17, 15) is 14.4 Å². The minimum absolute atomic E-state index is 0.169. The van der Waals surface area contributed by atoms with Crippen LogP contribution in [0.2, 0.25) is 0 Å². The van der Waals surface area contributed by atoms with Crippen LogP contribution in [0, 0.1) is 5.92 Å². The van der Waals surface area contributed by atoms with Crippen LogP contribution in [-0.2, 0) is 35.2 Å². The standard InChI is InChI=1S/C22H29NO6/c1-4-9-16(18-21(26)29-22(2,3)28-18)19(24)23-13-8-12-17(23)20(25)27-14-15-10-6-5-7-11-15/h5-7,10-11,16-18H,4,8-9,12-14H2,1-3H3/t16-,17+,18+/m1/s1. The smallest absolute Gasteiger partial charge is 0.338 e. The molecule has 158 valence electrons. The summed E-state index contributed by atoms with van der Waals surface area (Å²) >= 11 is 0. The average molecular weight is 403 g/mol. The van der Waals surface area contributed by atoms with Crippen molar-refractivity contribution in [3.8, 4) is 0 Å². The fraction of sp³-hybridized carbons (Fsp3) is 0.591. The van der Waals surface area contributed by atoms with Gasteiger partial charge in [-0.3, -0.25) is 4.79 Å². The molecule has 1 amide bonds. The van der Waals surface area contributed by atoms with Crippen LogP contribution < -0.4 is 0 Å². The molecule has 0 saturated carbocycles. The summed E-state index contributed by atoms with van der Waals surface area (Å²) in [6, 6.07) is 8.79. The van der Waals surface area contributed by atoms with Crippen molar-refractivity contribution >= 4 is 17.8 Å². The fourth-order valence-electron chi connectivity index (χ4n) is 3.95. The van der Waals surface area contributed by atoms with Gasteiger partial charge in [-0.05, 0) is 24.8 Å². The number of likely N-dealkylation sites (tertiary alicyclic amines) is 1. The maximum absolute atomic E-state index is 13.3. The van der Waals surface area contributed by atoms with Crippen molar-refractivity contribution in [2.24, 2.45) is 5.92 Å². The highest BCUT2D eigenvalue weighted by atomic mass is 16.8. The first-order valence-electron chi connectivity index (χ1n) is 10.2. The van der Waals surface area contributed by atoms with Gasteiger partial charge >= 0.3 is 11.9 Å². The number of nitrogens with zero attached hydrogens (tertiary/aromatic N) is 1. The van der Waals surface area contributed by atoms with Gasteiger partial charge in [0.2, 0.25) is 11.7 Å². The number of cyclic esters (lactones) is 1. The number of benzene rings is 1. The molecular formula is C22H29NO6. The topological polar surface area (TPSA) is 82.1 Å². The number of ether oxygens (including phenoxy) is 3. The van der Waals surface area contributed by atoms with Crippen LogP contribution in [0.3, 0.4) is 0 Å². The highest BCUT2D eigenvalue weighted by Gasteiger charge is 2.49. The Morgan fingerprint density at radius 1 is 1.28 bits per heavy atom. The molecule has 2 fully saturated rings. The molecular weight excluding hydrogens is 374 g/mol. The Bertz CT molecular complexity index is 747.